The molecule has 0 radical (unpaired) electrons. The normalized spacial score (nSPS) is 11.9. The lowest BCUT2D eigenvalue weighted by Crippen LogP contribution is -2.33. The summed E-state index contributed by atoms with van der Waals surface area (Å²) in [4.78, 5) is 35.2. The van der Waals surface area contributed by atoms with Gasteiger partial charge in [-0.3, -0.25) is 0 Å². The number of hydrogen-bond donors (Lipinski definition) is 3. The summed E-state index contributed by atoms with van der Waals surface area (Å²) in [6.07, 6.45) is 0.860. The Hall–Kier alpha value is -4.53. The summed E-state index contributed by atoms with van der Waals surface area (Å²) in [5.41, 5.74) is 0.836. The molecule has 1 heterocycles. The van der Waals surface area contributed by atoms with E-state index in [1.807, 2.05) is 18.7 Å². The van der Waals surface area contributed by atoms with Crippen molar-refractivity contribution in [2.24, 2.45) is 0 Å². The van der Waals surface area contributed by atoms with Crippen molar-refractivity contribution in [1.82, 2.24) is 14.9 Å². The number of aliphatic carboxylic acids is 1. The number of rotatable bonds is 14. The quantitative estimate of drug-likeness (QED) is 0.242. The van der Waals surface area contributed by atoms with Gasteiger partial charge in [0, 0.05) is 40.2 Å². The average molecular weight is 621 g/mol. The Kier molecular flexibility index (Phi) is 11.2. The van der Waals surface area contributed by atoms with Crippen molar-refractivity contribution in [1.29, 1.82) is 0 Å². The van der Waals surface area contributed by atoms with E-state index >= 15 is 0 Å². The third kappa shape index (κ3) is 8.73. The maximum atomic E-state index is 14.1. The first-order valence-corrected chi connectivity index (χ1v) is 15.0. The second kappa shape index (κ2) is 14.6. The zero-order valence-electron chi connectivity index (χ0n) is 24.2. The van der Waals surface area contributed by atoms with Crippen molar-refractivity contribution in [3.8, 4) is 5.75 Å². The first-order chi connectivity index (χ1) is 20.4. The second-order valence-electron chi connectivity index (χ2n) is 9.55. The number of amides is 1. The fourth-order valence-electron chi connectivity index (χ4n) is 3.91. The molecule has 1 atom stereocenters. The van der Waals surface area contributed by atoms with Gasteiger partial charge in [0.05, 0.1) is 17.6 Å². The highest BCUT2D eigenvalue weighted by molar-refractivity contribution is 7.91. The third-order valence-electron chi connectivity index (χ3n) is 6.30. The molecule has 0 aliphatic carbocycles. The van der Waals surface area contributed by atoms with Crippen LogP contribution in [-0.4, -0.2) is 86.0 Å². The Balaban J connectivity index is 1.82. The van der Waals surface area contributed by atoms with Crippen molar-refractivity contribution in [3.63, 3.8) is 0 Å². The standard InChI is InChI=1S/C28H34F2N6O6S/c1-5-36(6-2)27-32-17-22(31-14-15-43(40,41)23-9-7-8-20(29)24(23)30)25(34-27)33-21(26(37)38)16-18-10-12-19(13-11-18)42-28(39)35(3)4/h7-13,17,21,31H,5-6,14-16H2,1-4H3,(H,37,38)(H,32,33,34). The summed E-state index contributed by atoms with van der Waals surface area (Å²) >= 11 is 0. The van der Waals surface area contributed by atoms with Crippen LogP contribution in [0.2, 0.25) is 0 Å². The molecule has 0 saturated heterocycles. The van der Waals surface area contributed by atoms with Gasteiger partial charge in [0.25, 0.3) is 0 Å². The Bertz CT molecular complexity index is 1540. The summed E-state index contributed by atoms with van der Waals surface area (Å²) in [5, 5.41) is 15.8. The number of carbonyl (C=O) groups is 2. The van der Waals surface area contributed by atoms with Crippen molar-refractivity contribution in [2.45, 2.75) is 31.2 Å². The van der Waals surface area contributed by atoms with E-state index < -0.39 is 50.2 Å². The number of halogens is 2. The van der Waals surface area contributed by atoms with E-state index in [-0.39, 0.29) is 24.5 Å². The lowest BCUT2D eigenvalue weighted by Gasteiger charge is -2.22. The first-order valence-electron chi connectivity index (χ1n) is 13.4. The van der Waals surface area contributed by atoms with Gasteiger partial charge in [-0.1, -0.05) is 18.2 Å². The Morgan fingerprint density at radius 2 is 1.74 bits per heavy atom. The van der Waals surface area contributed by atoms with E-state index in [2.05, 4.69) is 20.6 Å². The van der Waals surface area contributed by atoms with Crippen LogP contribution in [0.1, 0.15) is 19.4 Å². The van der Waals surface area contributed by atoms with E-state index in [0.29, 0.717) is 30.4 Å². The smallest absolute Gasteiger partial charge is 0.414 e. The van der Waals surface area contributed by atoms with Crippen LogP contribution >= 0.6 is 0 Å². The molecule has 232 valence electrons. The molecular formula is C28H34F2N6O6S. The summed E-state index contributed by atoms with van der Waals surface area (Å²) in [6, 6.07) is 8.11. The molecule has 0 fully saturated rings. The second-order valence-corrected chi connectivity index (χ2v) is 11.6. The van der Waals surface area contributed by atoms with E-state index in [9.17, 15) is 31.9 Å². The number of sulfone groups is 1. The Morgan fingerprint density at radius 1 is 1.07 bits per heavy atom. The third-order valence-corrected chi connectivity index (χ3v) is 8.03. The zero-order valence-corrected chi connectivity index (χ0v) is 25.0. The van der Waals surface area contributed by atoms with Gasteiger partial charge in [0.2, 0.25) is 5.95 Å². The first kappa shape index (κ1) is 33.0. The van der Waals surface area contributed by atoms with Gasteiger partial charge in [0.1, 0.15) is 16.7 Å². The predicted octanol–water partition coefficient (Wildman–Crippen LogP) is 3.66. The average Bonchev–Trinajstić information content (AvgIpc) is 2.96. The molecule has 1 aromatic heterocycles. The molecule has 0 bridgehead atoms. The van der Waals surface area contributed by atoms with Crippen LogP contribution in [0.5, 0.6) is 5.75 Å². The lowest BCUT2D eigenvalue weighted by atomic mass is 10.1. The van der Waals surface area contributed by atoms with E-state index in [1.165, 1.54) is 11.1 Å². The van der Waals surface area contributed by atoms with Crippen LogP contribution in [0, 0.1) is 11.6 Å². The number of ether oxygens (including phenoxy) is 1. The number of carboxylic acids is 1. The summed E-state index contributed by atoms with van der Waals surface area (Å²) in [6.45, 7) is 4.73. The highest BCUT2D eigenvalue weighted by atomic mass is 32.2. The SMILES string of the molecule is CCN(CC)c1ncc(NCCS(=O)(=O)c2cccc(F)c2F)c(NC(Cc2ccc(OC(=O)N(C)C)cc2)C(=O)O)n1. The molecule has 12 nitrogen and oxygen atoms in total. The van der Waals surface area contributed by atoms with Crippen LogP contribution in [0.3, 0.4) is 0 Å². The molecule has 3 aromatic rings. The molecule has 1 amide bonds. The van der Waals surface area contributed by atoms with Gasteiger partial charge in [-0.15, -0.1) is 0 Å². The van der Waals surface area contributed by atoms with E-state index in [4.69, 9.17) is 4.74 Å². The lowest BCUT2D eigenvalue weighted by molar-refractivity contribution is -0.137. The molecule has 0 saturated carbocycles. The van der Waals surface area contributed by atoms with E-state index in [0.717, 1.165) is 18.2 Å². The topological polar surface area (TPSA) is 154 Å². The van der Waals surface area contributed by atoms with Gasteiger partial charge in [-0.25, -0.2) is 31.8 Å². The summed E-state index contributed by atoms with van der Waals surface area (Å²) in [7, 11) is -1.10. The highest BCUT2D eigenvalue weighted by Crippen LogP contribution is 2.24. The minimum Gasteiger partial charge on any atom is -0.480 e. The molecule has 0 spiro atoms. The largest absolute Gasteiger partial charge is 0.480 e. The molecule has 0 aliphatic heterocycles. The monoisotopic (exact) mass is 620 g/mol. The van der Waals surface area contributed by atoms with Crippen molar-refractivity contribution in [3.05, 3.63) is 65.9 Å². The highest BCUT2D eigenvalue weighted by Gasteiger charge is 2.24. The van der Waals surface area contributed by atoms with Gasteiger partial charge >= 0.3 is 12.1 Å². The number of aromatic nitrogens is 2. The molecule has 43 heavy (non-hydrogen) atoms. The predicted molar refractivity (Wildman–Crippen MR) is 157 cm³/mol. The maximum absolute atomic E-state index is 14.1. The number of anilines is 3. The molecule has 0 aliphatic rings. The fourth-order valence-corrected chi connectivity index (χ4v) is 5.16. The summed E-state index contributed by atoms with van der Waals surface area (Å²) < 4.78 is 58.3. The number of nitrogens with one attached hydrogen (secondary N) is 2. The Labute approximate surface area is 248 Å². The van der Waals surface area contributed by atoms with Crippen molar-refractivity contribution >= 4 is 39.4 Å². The number of hydrogen-bond acceptors (Lipinski definition) is 10. The number of benzene rings is 2. The summed E-state index contributed by atoms with van der Waals surface area (Å²) in [5.74, 6) is -3.77. The maximum Gasteiger partial charge on any atom is 0.414 e. The van der Waals surface area contributed by atoms with Crippen molar-refractivity contribution < 1.29 is 36.6 Å². The molecule has 1 unspecified atom stereocenters. The number of carboxylic acid groups (broad SMARTS) is 1. The molecule has 3 N–H and O–H groups in total. The van der Waals surface area contributed by atoms with Gasteiger partial charge < -0.3 is 30.3 Å². The minimum absolute atomic E-state index is 0.0223. The fraction of sp³-hybridized carbons (Fsp3) is 0.357. The minimum atomic E-state index is -4.19. The van der Waals surface area contributed by atoms with Gasteiger partial charge in [-0.05, 0) is 43.7 Å². The molecule has 3 rings (SSSR count). The zero-order chi connectivity index (χ0) is 31.7. The van der Waals surface area contributed by atoms with E-state index in [1.54, 1.807) is 38.4 Å². The van der Waals surface area contributed by atoms with Crippen LogP contribution < -0.4 is 20.3 Å². The van der Waals surface area contributed by atoms with Crippen LogP contribution in [0.25, 0.3) is 0 Å². The number of nitrogens with zero attached hydrogens (tertiary/aromatic N) is 4. The molecule has 15 heteroatoms. The van der Waals surface area contributed by atoms with Crippen LogP contribution in [0.15, 0.2) is 53.6 Å². The van der Waals surface area contributed by atoms with Crippen LogP contribution in [-0.2, 0) is 21.1 Å². The van der Waals surface area contributed by atoms with Gasteiger partial charge in [0.15, 0.2) is 27.3 Å². The Morgan fingerprint density at radius 3 is 2.35 bits per heavy atom. The number of carbonyl (C=O) groups excluding carboxylic acids is 1. The van der Waals surface area contributed by atoms with Crippen molar-refractivity contribution in [2.75, 3.05) is 55.0 Å². The van der Waals surface area contributed by atoms with Crippen LogP contribution in [0.4, 0.5) is 31.0 Å². The van der Waals surface area contributed by atoms with Gasteiger partial charge in [-0.2, -0.15) is 4.98 Å². The molecule has 2 aromatic carbocycles. The molecular weight excluding hydrogens is 586 g/mol.